The van der Waals surface area contributed by atoms with Crippen LogP contribution in [0.5, 0.6) is 0 Å². The molecule has 0 atom stereocenters. The van der Waals surface area contributed by atoms with Gasteiger partial charge in [-0.2, -0.15) is 0 Å². The molecule has 0 amide bonds. The molecule has 0 radical (unpaired) electrons. The summed E-state index contributed by atoms with van der Waals surface area (Å²) in [6.45, 7) is 0. The average Bonchev–Trinajstić information content (AvgIpc) is 2.47. The van der Waals surface area contributed by atoms with Crippen molar-refractivity contribution in [3.8, 4) is 0 Å². The van der Waals surface area contributed by atoms with Crippen LogP contribution in [0.1, 0.15) is 10.4 Å². The van der Waals surface area contributed by atoms with Crippen LogP contribution in [0.3, 0.4) is 0 Å². The number of hydrogen-bond acceptors (Lipinski definition) is 2. The van der Waals surface area contributed by atoms with Crippen molar-refractivity contribution in [2.24, 2.45) is 0 Å². The maximum Gasteiger partial charge on any atom is 0.151 e. The van der Waals surface area contributed by atoms with Gasteiger partial charge in [0.15, 0.2) is 6.29 Å². The molecule has 0 aliphatic rings. The molecule has 0 bridgehead atoms. The third-order valence-corrected chi connectivity index (χ3v) is 3.83. The highest BCUT2D eigenvalue weighted by Gasteiger charge is 2.07. The fourth-order valence-corrected chi connectivity index (χ4v) is 3.23. The van der Waals surface area contributed by atoms with Gasteiger partial charge in [0.25, 0.3) is 0 Å². The Bertz CT molecular complexity index is 478. The van der Waals surface area contributed by atoms with Crippen LogP contribution in [0.15, 0.2) is 17.5 Å². The molecule has 0 fully saturated rings. The molecule has 66 valence electrons. The van der Waals surface area contributed by atoms with Gasteiger partial charge in [0.1, 0.15) is 0 Å². The second-order valence-electron chi connectivity index (χ2n) is 2.57. The van der Waals surface area contributed by atoms with Gasteiger partial charge >= 0.3 is 0 Å². The van der Waals surface area contributed by atoms with E-state index in [0.29, 0.717) is 0 Å². The monoisotopic (exact) mass is 322 g/mol. The molecule has 1 aromatic heterocycles. The highest BCUT2D eigenvalue weighted by molar-refractivity contribution is 14.1. The van der Waals surface area contributed by atoms with Crippen molar-refractivity contribution in [2.75, 3.05) is 0 Å². The Kier molecular flexibility index (Phi) is 2.58. The Morgan fingerprint density at radius 1 is 1.46 bits per heavy atom. The first-order valence-electron chi connectivity index (χ1n) is 3.54. The lowest BCUT2D eigenvalue weighted by atomic mass is 10.2. The topological polar surface area (TPSA) is 17.1 Å². The molecular weight excluding hydrogens is 319 g/mol. The summed E-state index contributed by atoms with van der Waals surface area (Å²) in [5.74, 6) is 0. The van der Waals surface area contributed by atoms with Crippen molar-refractivity contribution in [1.82, 2.24) is 0 Å². The second kappa shape index (κ2) is 3.55. The molecule has 0 saturated heterocycles. The summed E-state index contributed by atoms with van der Waals surface area (Å²) in [5, 5.41) is 3.51. The molecule has 1 aromatic carbocycles. The van der Waals surface area contributed by atoms with E-state index in [2.05, 4.69) is 22.6 Å². The number of fused-ring (bicyclic) bond motifs is 1. The fraction of sp³-hybridized carbons (Fsp3) is 0. The lowest BCUT2D eigenvalue weighted by molar-refractivity contribution is 0.112. The van der Waals surface area contributed by atoms with E-state index in [4.69, 9.17) is 11.6 Å². The van der Waals surface area contributed by atoms with E-state index < -0.39 is 0 Å². The van der Waals surface area contributed by atoms with Gasteiger partial charge in [-0.05, 0) is 34.7 Å². The summed E-state index contributed by atoms with van der Waals surface area (Å²) >= 11 is 9.72. The summed E-state index contributed by atoms with van der Waals surface area (Å²) in [7, 11) is 0. The maximum absolute atomic E-state index is 10.7. The third kappa shape index (κ3) is 1.60. The van der Waals surface area contributed by atoms with E-state index in [1.54, 1.807) is 0 Å². The molecule has 2 rings (SSSR count). The van der Waals surface area contributed by atoms with Crippen molar-refractivity contribution >= 4 is 61.9 Å². The molecular formula is C9H4ClIOS. The number of aldehydes is 1. The molecule has 1 nitrogen and oxygen atoms in total. The van der Waals surface area contributed by atoms with Gasteiger partial charge < -0.3 is 0 Å². The summed E-state index contributed by atoms with van der Waals surface area (Å²) in [5.41, 5.74) is 0.723. The first kappa shape index (κ1) is 9.43. The molecule has 0 aliphatic heterocycles. The summed E-state index contributed by atoms with van der Waals surface area (Å²) in [6.07, 6.45) is 0.866. The average molecular weight is 323 g/mol. The molecule has 0 saturated carbocycles. The minimum absolute atomic E-state index is 0.722. The lowest BCUT2D eigenvalue weighted by Gasteiger charge is -1.95. The third-order valence-electron chi connectivity index (χ3n) is 1.75. The minimum atomic E-state index is 0.722. The molecule has 0 N–H and O–H groups in total. The first-order chi connectivity index (χ1) is 6.22. The zero-order chi connectivity index (χ0) is 9.42. The fourth-order valence-electron chi connectivity index (χ4n) is 1.17. The lowest BCUT2D eigenvalue weighted by Crippen LogP contribution is -1.77. The predicted octanol–water partition coefficient (Wildman–Crippen LogP) is 3.97. The normalized spacial score (nSPS) is 10.6. The smallest absolute Gasteiger partial charge is 0.151 e. The molecule has 0 spiro atoms. The Balaban J connectivity index is 2.89. The Labute approximate surface area is 97.8 Å². The van der Waals surface area contributed by atoms with E-state index in [9.17, 15) is 4.79 Å². The van der Waals surface area contributed by atoms with Gasteiger partial charge in [-0.1, -0.05) is 11.6 Å². The largest absolute Gasteiger partial charge is 0.298 e. The molecule has 0 aliphatic carbocycles. The number of benzene rings is 1. The van der Waals surface area contributed by atoms with Crippen molar-refractivity contribution in [3.05, 3.63) is 31.7 Å². The number of carbonyl (C=O) groups excluding carboxylic acids is 1. The van der Waals surface area contributed by atoms with Crippen molar-refractivity contribution in [1.29, 1.82) is 0 Å². The van der Waals surface area contributed by atoms with Gasteiger partial charge in [0.2, 0.25) is 0 Å². The van der Waals surface area contributed by atoms with Crippen LogP contribution < -0.4 is 0 Å². The van der Waals surface area contributed by atoms with Gasteiger partial charge in [0, 0.05) is 19.9 Å². The molecule has 2 aromatic rings. The quantitative estimate of drug-likeness (QED) is 0.573. The van der Waals surface area contributed by atoms with Crippen LogP contribution >= 0.6 is 45.5 Å². The first-order valence-corrected chi connectivity index (χ1v) is 5.87. The van der Waals surface area contributed by atoms with Crippen molar-refractivity contribution < 1.29 is 4.79 Å². The summed E-state index contributed by atoms with van der Waals surface area (Å²) in [6, 6.07) is 3.87. The van der Waals surface area contributed by atoms with Crippen molar-refractivity contribution in [2.45, 2.75) is 0 Å². The SMILES string of the molecule is O=Cc1csc2c(Cl)cc(I)cc12. The zero-order valence-corrected chi connectivity index (χ0v) is 10.1. The highest BCUT2D eigenvalue weighted by atomic mass is 127. The van der Waals surface area contributed by atoms with E-state index in [1.807, 2.05) is 17.5 Å². The standard InChI is InChI=1S/C9H4ClIOS/c10-8-2-6(11)1-7-5(3-12)4-13-9(7)8/h1-4H. The van der Waals surface area contributed by atoms with E-state index >= 15 is 0 Å². The second-order valence-corrected chi connectivity index (χ2v) is 5.11. The van der Waals surface area contributed by atoms with E-state index in [1.165, 1.54) is 11.3 Å². The Morgan fingerprint density at radius 3 is 2.92 bits per heavy atom. The number of halogens is 2. The van der Waals surface area contributed by atoms with Crippen LogP contribution in [0.2, 0.25) is 5.02 Å². The maximum atomic E-state index is 10.7. The van der Waals surface area contributed by atoms with E-state index in [-0.39, 0.29) is 0 Å². The van der Waals surface area contributed by atoms with Gasteiger partial charge in [-0.15, -0.1) is 11.3 Å². The highest BCUT2D eigenvalue weighted by Crippen LogP contribution is 2.32. The number of carbonyl (C=O) groups is 1. The van der Waals surface area contributed by atoms with Crippen LogP contribution in [0.4, 0.5) is 0 Å². The van der Waals surface area contributed by atoms with Crippen molar-refractivity contribution in [3.63, 3.8) is 0 Å². The van der Waals surface area contributed by atoms with E-state index in [0.717, 1.165) is 30.5 Å². The van der Waals surface area contributed by atoms with Crippen LogP contribution in [-0.4, -0.2) is 6.29 Å². The number of thiophene rings is 1. The van der Waals surface area contributed by atoms with Gasteiger partial charge in [-0.25, -0.2) is 0 Å². The molecule has 4 heteroatoms. The summed E-state index contributed by atoms with van der Waals surface area (Å²) < 4.78 is 2.04. The van der Waals surface area contributed by atoms with Crippen LogP contribution in [0.25, 0.3) is 10.1 Å². The number of rotatable bonds is 1. The Morgan fingerprint density at radius 2 is 2.23 bits per heavy atom. The molecule has 1 heterocycles. The summed E-state index contributed by atoms with van der Waals surface area (Å²) in [4.78, 5) is 10.7. The van der Waals surface area contributed by atoms with Gasteiger partial charge in [0.05, 0.1) is 9.72 Å². The molecule has 13 heavy (non-hydrogen) atoms. The van der Waals surface area contributed by atoms with Crippen LogP contribution in [0, 0.1) is 3.57 Å². The predicted molar refractivity (Wildman–Crippen MR) is 64.9 cm³/mol. The minimum Gasteiger partial charge on any atom is -0.298 e. The Hall–Kier alpha value is -0.130. The van der Waals surface area contributed by atoms with Gasteiger partial charge in [-0.3, -0.25) is 4.79 Å². The zero-order valence-electron chi connectivity index (χ0n) is 6.38. The number of hydrogen-bond donors (Lipinski definition) is 0. The molecule has 0 unspecified atom stereocenters. The van der Waals surface area contributed by atoms with Crippen LogP contribution in [-0.2, 0) is 0 Å².